The summed E-state index contributed by atoms with van der Waals surface area (Å²) in [6.07, 6.45) is 6.36. The van der Waals surface area contributed by atoms with E-state index in [0.29, 0.717) is 11.5 Å². The molecule has 1 fully saturated rings. The van der Waals surface area contributed by atoms with E-state index in [9.17, 15) is 0 Å². The third kappa shape index (κ3) is 3.58. The highest BCUT2D eigenvalue weighted by Crippen LogP contribution is 2.41. The van der Waals surface area contributed by atoms with Crippen LogP contribution in [0.4, 0.5) is 0 Å². The quantitative estimate of drug-likeness (QED) is 0.857. The Labute approximate surface area is 116 Å². The van der Waals surface area contributed by atoms with Gasteiger partial charge in [0.1, 0.15) is 0 Å². The molecule has 1 aliphatic carbocycles. The van der Waals surface area contributed by atoms with Gasteiger partial charge in [0, 0.05) is 10.9 Å². The zero-order chi connectivity index (χ0) is 13.2. The van der Waals surface area contributed by atoms with Crippen LogP contribution in [0.1, 0.15) is 51.3 Å². The molecule has 0 saturated heterocycles. The van der Waals surface area contributed by atoms with Crippen LogP contribution in [0.2, 0.25) is 0 Å². The Bertz CT molecular complexity index is 350. The van der Waals surface area contributed by atoms with E-state index in [-0.39, 0.29) is 0 Å². The van der Waals surface area contributed by atoms with Crippen molar-refractivity contribution in [3.8, 4) is 0 Å². The average molecular weight is 265 g/mol. The molecular weight excluding hydrogens is 238 g/mol. The standard InChI is InChI=1S/C16H27NS/c1-16(2,3)13-7-9-15(17)12(11-13)6-8-14-5-4-10-18-14/h4-5,10,12-13,15H,6-9,11,17H2,1-3H3. The Hall–Kier alpha value is -0.340. The first-order chi connectivity index (χ1) is 8.47. The zero-order valence-corrected chi connectivity index (χ0v) is 12.8. The number of aryl methyl sites for hydroxylation is 1. The molecule has 0 radical (unpaired) electrons. The van der Waals surface area contributed by atoms with E-state index in [2.05, 4.69) is 38.3 Å². The number of thiophene rings is 1. The third-order valence-electron chi connectivity index (χ3n) is 4.61. The summed E-state index contributed by atoms with van der Waals surface area (Å²) in [5.74, 6) is 1.58. The summed E-state index contributed by atoms with van der Waals surface area (Å²) in [4.78, 5) is 1.51. The Balaban J connectivity index is 1.89. The van der Waals surface area contributed by atoms with Crippen molar-refractivity contribution in [2.45, 2.75) is 58.9 Å². The van der Waals surface area contributed by atoms with Gasteiger partial charge in [-0.25, -0.2) is 0 Å². The lowest BCUT2D eigenvalue weighted by Crippen LogP contribution is -2.39. The first-order valence-corrected chi connectivity index (χ1v) is 8.12. The molecule has 2 heteroatoms. The predicted octanol–water partition coefficient (Wildman–Crippen LogP) is 4.47. The molecule has 2 rings (SSSR count). The number of nitrogens with two attached hydrogens (primary N) is 1. The van der Waals surface area contributed by atoms with E-state index in [1.165, 1.54) is 37.0 Å². The highest BCUT2D eigenvalue weighted by molar-refractivity contribution is 7.09. The minimum Gasteiger partial charge on any atom is -0.327 e. The van der Waals surface area contributed by atoms with Crippen molar-refractivity contribution in [3.05, 3.63) is 22.4 Å². The van der Waals surface area contributed by atoms with Crippen LogP contribution in [0.15, 0.2) is 17.5 Å². The molecule has 3 unspecified atom stereocenters. The van der Waals surface area contributed by atoms with Gasteiger partial charge in [-0.2, -0.15) is 0 Å². The molecule has 1 heterocycles. The van der Waals surface area contributed by atoms with Gasteiger partial charge in [0.15, 0.2) is 0 Å². The lowest BCUT2D eigenvalue weighted by Gasteiger charge is -2.40. The van der Waals surface area contributed by atoms with Crippen LogP contribution in [0.25, 0.3) is 0 Å². The maximum absolute atomic E-state index is 6.33. The van der Waals surface area contributed by atoms with Crippen molar-refractivity contribution in [2.75, 3.05) is 0 Å². The maximum Gasteiger partial charge on any atom is 0.00674 e. The lowest BCUT2D eigenvalue weighted by molar-refractivity contribution is 0.123. The number of rotatable bonds is 3. The van der Waals surface area contributed by atoms with Crippen LogP contribution in [0.5, 0.6) is 0 Å². The first kappa shape index (κ1) is 14.1. The minimum atomic E-state index is 0.434. The summed E-state index contributed by atoms with van der Waals surface area (Å²) >= 11 is 1.88. The molecule has 1 aromatic rings. The fraction of sp³-hybridized carbons (Fsp3) is 0.750. The smallest absolute Gasteiger partial charge is 0.00674 e. The highest BCUT2D eigenvalue weighted by atomic mass is 32.1. The molecule has 0 bridgehead atoms. The molecule has 3 atom stereocenters. The summed E-state index contributed by atoms with van der Waals surface area (Å²) in [7, 11) is 0. The molecule has 18 heavy (non-hydrogen) atoms. The molecule has 1 saturated carbocycles. The van der Waals surface area contributed by atoms with E-state index >= 15 is 0 Å². The summed E-state index contributed by atoms with van der Waals surface area (Å²) in [5, 5.41) is 2.17. The maximum atomic E-state index is 6.33. The molecular formula is C16H27NS. The van der Waals surface area contributed by atoms with Crippen molar-refractivity contribution in [1.82, 2.24) is 0 Å². The van der Waals surface area contributed by atoms with Gasteiger partial charge in [0.05, 0.1) is 0 Å². The van der Waals surface area contributed by atoms with E-state index in [1.54, 1.807) is 0 Å². The fourth-order valence-corrected chi connectivity index (χ4v) is 3.91. The van der Waals surface area contributed by atoms with Crippen molar-refractivity contribution in [2.24, 2.45) is 23.0 Å². The van der Waals surface area contributed by atoms with Crippen molar-refractivity contribution < 1.29 is 0 Å². The largest absolute Gasteiger partial charge is 0.327 e. The van der Waals surface area contributed by atoms with Gasteiger partial charge in [-0.05, 0) is 60.8 Å². The SMILES string of the molecule is CC(C)(C)C1CCC(N)C(CCc2cccs2)C1. The van der Waals surface area contributed by atoms with Crippen LogP contribution in [0, 0.1) is 17.3 Å². The first-order valence-electron chi connectivity index (χ1n) is 7.25. The normalized spacial score (nSPS) is 29.4. The zero-order valence-electron chi connectivity index (χ0n) is 12.0. The van der Waals surface area contributed by atoms with Gasteiger partial charge in [-0.3, -0.25) is 0 Å². The topological polar surface area (TPSA) is 26.0 Å². The van der Waals surface area contributed by atoms with E-state index in [0.717, 1.165) is 11.8 Å². The van der Waals surface area contributed by atoms with Crippen LogP contribution < -0.4 is 5.73 Å². The van der Waals surface area contributed by atoms with Gasteiger partial charge < -0.3 is 5.73 Å². The van der Waals surface area contributed by atoms with Gasteiger partial charge >= 0.3 is 0 Å². The predicted molar refractivity (Wildman–Crippen MR) is 80.9 cm³/mol. The molecule has 1 nitrogen and oxygen atoms in total. The Morgan fingerprint density at radius 2 is 2.11 bits per heavy atom. The highest BCUT2D eigenvalue weighted by Gasteiger charge is 2.33. The molecule has 0 aliphatic heterocycles. The Morgan fingerprint density at radius 3 is 2.72 bits per heavy atom. The van der Waals surface area contributed by atoms with Crippen molar-refractivity contribution in [1.29, 1.82) is 0 Å². The molecule has 0 aromatic carbocycles. The van der Waals surface area contributed by atoms with Crippen molar-refractivity contribution in [3.63, 3.8) is 0 Å². The van der Waals surface area contributed by atoms with E-state index in [1.807, 2.05) is 11.3 Å². The second-order valence-corrected chi connectivity index (χ2v) is 7.95. The lowest BCUT2D eigenvalue weighted by atomic mass is 9.67. The number of hydrogen-bond acceptors (Lipinski definition) is 2. The summed E-state index contributed by atoms with van der Waals surface area (Å²) in [6.45, 7) is 7.14. The molecule has 102 valence electrons. The molecule has 1 aliphatic rings. The summed E-state index contributed by atoms with van der Waals surface area (Å²) in [6, 6.07) is 4.84. The van der Waals surface area contributed by atoms with Gasteiger partial charge in [-0.1, -0.05) is 26.8 Å². The van der Waals surface area contributed by atoms with E-state index < -0.39 is 0 Å². The van der Waals surface area contributed by atoms with Gasteiger partial charge in [0.25, 0.3) is 0 Å². The van der Waals surface area contributed by atoms with E-state index in [4.69, 9.17) is 5.73 Å². The second kappa shape index (κ2) is 5.75. The summed E-state index contributed by atoms with van der Waals surface area (Å²) in [5.41, 5.74) is 6.77. The molecule has 2 N–H and O–H groups in total. The van der Waals surface area contributed by atoms with Crippen LogP contribution in [-0.2, 0) is 6.42 Å². The Kier molecular flexibility index (Phi) is 4.50. The summed E-state index contributed by atoms with van der Waals surface area (Å²) < 4.78 is 0. The fourth-order valence-electron chi connectivity index (χ4n) is 3.19. The monoisotopic (exact) mass is 265 g/mol. The minimum absolute atomic E-state index is 0.434. The van der Waals surface area contributed by atoms with Crippen molar-refractivity contribution >= 4 is 11.3 Å². The Morgan fingerprint density at radius 1 is 1.33 bits per heavy atom. The van der Waals surface area contributed by atoms with Crippen LogP contribution in [0.3, 0.4) is 0 Å². The van der Waals surface area contributed by atoms with Crippen LogP contribution >= 0.6 is 11.3 Å². The third-order valence-corrected chi connectivity index (χ3v) is 5.54. The molecule has 0 amide bonds. The molecule has 1 aromatic heterocycles. The van der Waals surface area contributed by atoms with Gasteiger partial charge in [-0.15, -0.1) is 11.3 Å². The molecule has 0 spiro atoms. The second-order valence-electron chi connectivity index (χ2n) is 6.92. The average Bonchev–Trinajstić information content (AvgIpc) is 2.79. The van der Waals surface area contributed by atoms with Gasteiger partial charge in [0.2, 0.25) is 0 Å². The number of hydrogen-bond donors (Lipinski definition) is 1. The van der Waals surface area contributed by atoms with Crippen LogP contribution in [-0.4, -0.2) is 6.04 Å².